The molecule has 0 bridgehead atoms. The molecule has 1 aromatic carbocycles. The van der Waals surface area contributed by atoms with E-state index in [4.69, 9.17) is 10.00 Å². The lowest BCUT2D eigenvalue weighted by molar-refractivity contribution is -0.384. The minimum absolute atomic E-state index is 0.0408. The van der Waals surface area contributed by atoms with Crippen molar-refractivity contribution >= 4 is 11.8 Å². The lowest BCUT2D eigenvalue weighted by Crippen LogP contribution is -1.91. The zero-order valence-electron chi connectivity index (χ0n) is 8.01. The number of nitro benzene ring substituents is 1. The van der Waals surface area contributed by atoms with E-state index in [1.54, 1.807) is 0 Å². The van der Waals surface area contributed by atoms with Crippen LogP contribution in [0.3, 0.4) is 0 Å². The summed E-state index contributed by atoms with van der Waals surface area (Å²) in [5.41, 5.74) is 0.589. The molecule has 5 heteroatoms. The Bertz CT molecular complexity index is 446. The Morgan fingerprint density at radius 2 is 2.33 bits per heavy atom. The van der Waals surface area contributed by atoms with Crippen LogP contribution in [0.2, 0.25) is 0 Å². The van der Waals surface area contributed by atoms with Crippen LogP contribution in [0.4, 0.5) is 5.69 Å². The van der Waals surface area contributed by atoms with Crippen LogP contribution in [0, 0.1) is 21.4 Å². The van der Waals surface area contributed by atoms with Gasteiger partial charge < -0.3 is 4.74 Å². The molecule has 0 spiro atoms. The molecule has 0 aliphatic heterocycles. The maximum Gasteiger partial charge on any atom is 0.273 e. The van der Waals surface area contributed by atoms with E-state index in [1.807, 2.05) is 6.07 Å². The van der Waals surface area contributed by atoms with Crippen LogP contribution < -0.4 is 4.74 Å². The minimum Gasteiger partial charge on any atom is -0.496 e. The number of nitriles is 1. The summed E-state index contributed by atoms with van der Waals surface area (Å²) in [6.45, 7) is 0. The Kier molecular flexibility index (Phi) is 3.41. The normalized spacial score (nSPS) is 9.87. The lowest BCUT2D eigenvalue weighted by atomic mass is 10.1. The topological polar surface area (TPSA) is 76.2 Å². The smallest absolute Gasteiger partial charge is 0.273 e. The first-order valence-electron chi connectivity index (χ1n) is 4.07. The first-order valence-corrected chi connectivity index (χ1v) is 4.07. The average molecular weight is 204 g/mol. The third-order valence-corrected chi connectivity index (χ3v) is 1.77. The number of nitro groups is 1. The van der Waals surface area contributed by atoms with Crippen LogP contribution in [0.5, 0.6) is 5.75 Å². The van der Waals surface area contributed by atoms with Crippen molar-refractivity contribution in [3.63, 3.8) is 0 Å². The van der Waals surface area contributed by atoms with E-state index in [0.717, 1.165) is 0 Å². The van der Waals surface area contributed by atoms with Gasteiger partial charge in [0, 0.05) is 17.7 Å². The number of hydrogen-bond acceptors (Lipinski definition) is 4. The van der Waals surface area contributed by atoms with Crippen LogP contribution >= 0.6 is 0 Å². The van der Waals surface area contributed by atoms with E-state index in [-0.39, 0.29) is 5.69 Å². The number of benzene rings is 1. The summed E-state index contributed by atoms with van der Waals surface area (Å²) >= 11 is 0. The highest BCUT2D eigenvalue weighted by Crippen LogP contribution is 2.25. The number of rotatable bonds is 3. The standard InChI is InChI=1S/C10H8N2O3/c1-15-10-7-9(12(13)14)5-4-8(10)3-2-6-11/h2-5,7H,1H3. The molecule has 0 N–H and O–H groups in total. The van der Waals surface area contributed by atoms with Gasteiger partial charge in [0.1, 0.15) is 5.75 Å². The van der Waals surface area contributed by atoms with Gasteiger partial charge in [0.25, 0.3) is 5.69 Å². The third kappa shape index (κ3) is 2.54. The molecule has 0 atom stereocenters. The first kappa shape index (κ1) is 10.7. The molecule has 0 amide bonds. The predicted molar refractivity (Wildman–Crippen MR) is 54.3 cm³/mol. The fraction of sp³-hybridized carbons (Fsp3) is 0.100. The molecular formula is C10H8N2O3. The number of non-ortho nitro benzene ring substituents is 1. The van der Waals surface area contributed by atoms with Crippen LogP contribution in [-0.2, 0) is 0 Å². The Morgan fingerprint density at radius 1 is 1.60 bits per heavy atom. The molecule has 1 rings (SSSR count). The first-order chi connectivity index (χ1) is 7.19. The van der Waals surface area contributed by atoms with Gasteiger partial charge in [0.05, 0.1) is 24.2 Å². The molecule has 5 nitrogen and oxygen atoms in total. The van der Waals surface area contributed by atoms with Crippen LogP contribution in [-0.4, -0.2) is 12.0 Å². The molecule has 0 aliphatic carbocycles. The maximum absolute atomic E-state index is 10.5. The van der Waals surface area contributed by atoms with Gasteiger partial charge in [-0.05, 0) is 12.1 Å². The van der Waals surface area contributed by atoms with Crippen molar-refractivity contribution < 1.29 is 9.66 Å². The molecule has 76 valence electrons. The van der Waals surface area contributed by atoms with Crippen molar-refractivity contribution in [3.05, 3.63) is 40.0 Å². The largest absolute Gasteiger partial charge is 0.496 e. The van der Waals surface area contributed by atoms with E-state index in [9.17, 15) is 10.1 Å². The molecule has 0 saturated heterocycles. The molecular weight excluding hydrogens is 196 g/mol. The van der Waals surface area contributed by atoms with Crippen LogP contribution in [0.15, 0.2) is 24.3 Å². The quantitative estimate of drug-likeness (QED) is 0.429. The molecule has 0 saturated carbocycles. The molecule has 0 radical (unpaired) electrons. The Hall–Kier alpha value is -2.35. The molecule has 1 aromatic rings. The van der Waals surface area contributed by atoms with Gasteiger partial charge in [0.2, 0.25) is 0 Å². The lowest BCUT2D eigenvalue weighted by Gasteiger charge is -2.03. The molecule has 0 aliphatic rings. The summed E-state index contributed by atoms with van der Waals surface area (Å²) in [7, 11) is 1.42. The third-order valence-electron chi connectivity index (χ3n) is 1.77. The second-order valence-electron chi connectivity index (χ2n) is 2.65. The number of methoxy groups -OCH3 is 1. The monoisotopic (exact) mass is 204 g/mol. The van der Waals surface area contributed by atoms with E-state index in [2.05, 4.69) is 0 Å². The summed E-state index contributed by atoms with van der Waals surface area (Å²) in [4.78, 5) is 9.97. The Labute approximate surface area is 86.4 Å². The highest BCUT2D eigenvalue weighted by molar-refractivity contribution is 5.61. The summed E-state index contributed by atoms with van der Waals surface area (Å²) < 4.78 is 4.97. The van der Waals surface area contributed by atoms with Crippen LogP contribution in [0.25, 0.3) is 6.08 Å². The zero-order chi connectivity index (χ0) is 11.3. The second kappa shape index (κ2) is 4.77. The summed E-state index contributed by atoms with van der Waals surface area (Å²) in [6.07, 6.45) is 2.81. The Morgan fingerprint density at radius 3 is 2.87 bits per heavy atom. The van der Waals surface area contributed by atoms with Gasteiger partial charge in [-0.15, -0.1) is 0 Å². The average Bonchev–Trinajstić information content (AvgIpc) is 2.25. The van der Waals surface area contributed by atoms with E-state index < -0.39 is 4.92 Å². The number of nitrogens with zero attached hydrogens (tertiary/aromatic N) is 2. The maximum atomic E-state index is 10.5. The highest BCUT2D eigenvalue weighted by atomic mass is 16.6. The molecule has 0 fully saturated rings. The van der Waals surface area contributed by atoms with Gasteiger partial charge in [-0.3, -0.25) is 10.1 Å². The van der Waals surface area contributed by atoms with Crippen molar-refractivity contribution in [2.75, 3.05) is 7.11 Å². The van der Waals surface area contributed by atoms with E-state index in [0.29, 0.717) is 11.3 Å². The van der Waals surface area contributed by atoms with E-state index in [1.165, 1.54) is 37.5 Å². The highest BCUT2D eigenvalue weighted by Gasteiger charge is 2.09. The molecule has 0 aromatic heterocycles. The van der Waals surface area contributed by atoms with Crippen molar-refractivity contribution in [1.29, 1.82) is 5.26 Å². The van der Waals surface area contributed by atoms with Gasteiger partial charge in [0.15, 0.2) is 0 Å². The van der Waals surface area contributed by atoms with Crippen molar-refractivity contribution in [2.24, 2.45) is 0 Å². The summed E-state index contributed by atoms with van der Waals surface area (Å²) in [5, 5.41) is 18.8. The number of hydrogen-bond donors (Lipinski definition) is 0. The zero-order valence-corrected chi connectivity index (χ0v) is 8.01. The SMILES string of the molecule is COc1cc([N+](=O)[O-])ccc1C=CC#N. The summed E-state index contributed by atoms with van der Waals surface area (Å²) in [6, 6.07) is 6.04. The fourth-order valence-corrected chi connectivity index (χ4v) is 1.08. The van der Waals surface area contributed by atoms with Gasteiger partial charge in [-0.1, -0.05) is 0 Å². The van der Waals surface area contributed by atoms with Crippen molar-refractivity contribution in [1.82, 2.24) is 0 Å². The van der Waals surface area contributed by atoms with E-state index >= 15 is 0 Å². The van der Waals surface area contributed by atoms with Crippen LogP contribution in [0.1, 0.15) is 5.56 Å². The Balaban J connectivity index is 3.16. The van der Waals surface area contributed by atoms with Gasteiger partial charge >= 0.3 is 0 Å². The van der Waals surface area contributed by atoms with Gasteiger partial charge in [-0.25, -0.2) is 0 Å². The van der Waals surface area contributed by atoms with Crippen molar-refractivity contribution in [3.8, 4) is 11.8 Å². The second-order valence-corrected chi connectivity index (χ2v) is 2.65. The van der Waals surface area contributed by atoms with Crippen molar-refractivity contribution in [2.45, 2.75) is 0 Å². The molecule has 0 unspecified atom stereocenters. The fourth-order valence-electron chi connectivity index (χ4n) is 1.08. The molecule has 15 heavy (non-hydrogen) atoms. The molecule has 0 heterocycles. The number of ether oxygens (including phenoxy) is 1. The predicted octanol–water partition coefficient (Wildman–Crippen LogP) is 2.14. The van der Waals surface area contributed by atoms with Gasteiger partial charge in [-0.2, -0.15) is 5.26 Å². The summed E-state index contributed by atoms with van der Waals surface area (Å²) in [5.74, 6) is 0.371. The number of allylic oxidation sites excluding steroid dienone is 1. The minimum atomic E-state index is -0.500.